The third kappa shape index (κ3) is 3.40. The normalized spacial score (nSPS) is 14.9. The van der Waals surface area contributed by atoms with Crippen LogP contribution < -0.4 is 5.32 Å². The molecule has 4 heterocycles. The third-order valence-electron chi connectivity index (χ3n) is 9.83. The first kappa shape index (κ1) is 24.9. The van der Waals surface area contributed by atoms with Gasteiger partial charge in [0.05, 0.1) is 11.0 Å². The molecule has 1 unspecified atom stereocenters. The second-order valence-corrected chi connectivity index (χ2v) is 12.4. The van der Waals surface area contributed by atoms with E-state index in [0.717, 1.165) is 66.9 Å². The summed E-state index contributed by atoms with van der Waals surface area (Å²) in [4.78, 5) is 5.41. The van der Waals surface area contributed by atoms with Crippen molar-refractivity contribution in [3.05, 3.63) is 151 Å². The molecule has 5 heteroatoms. The zero-order valence-corrected chi connectivity index (χ0v) is 25.1. The SMILES string of the molecule is c1ccc2cc3c(cc2c1)c1ccc2ccccc2c1n3C1=Nc2c(oc3ccccc23)C(c2cccc3c2oc2ccccc23)N1. The van der Waals surface area contributed by atoms with Crippen LogP contribution in [-0.4, -0.2) is 10.5 Å². The van der Waals surface area contributed by atoms with E-state index in [-0.39, 0.29) is 6.04 Å². The number of fused-ring (bicyclic) bond motifs is 12. The molecule has 0 spiro atoms. The van der Waals surface area contributed by atoms with Crippen molar-refractivity contribution in [2.45, 2.75) is 6.04 Å². The van der Waals surface area contributed by atoms with Crippen LogP contribution in [0.25, 0.3) is 76.3 Å². The molecule has 11 rings (SSSR count). The van der Waals surface area contributed by atoms with Crippen LogP contribution in [-0.2, 0) is 0 Å². The van der Waals surface area contributed by atoms with Crippen LogP contribution in [0.15, 0.2) is 153 Å². The van der Waals surface area contributed by atoms with E-state index in [1.807, 2.05) is 30.3 Å². The molecule has 1 aliphatic heterocycles. The molecule has 5 nitrogen and oxygen atoms in total. The Morgan fingerprint density at radius 2 is 1.21 bits per heavy atom. The quantitative estimate of drug-likeness (QED) is 0.203. The van der Waals surface area contributed by atoms with Crippen LogP contribution in [0.3, 0.4) is 0 Å². The Morgan fingerprint density at radius 3 is 2.06 bits per heavy atom. The van der Waals surface area contributed by atoms with Crippen molar-refractivity contribution < 1.29 is 8.83 Å². The molecule has 220 valence electrons. The van der Waals surface area contributed by atoms with Gasteiger partial charge in [-0.3, -0.25) is 4.57 Å². The van der Waals surface area contributed by atoms with E-state index in [9.17, 15) is 0 Å². The molecule has 0 saturated carbocycles. The topological polar surface area (TPSA) is 55.6 Å². The summed E-state index contributed by atoms with van der Waals surface area (Å²) in [5, 5.41) is 14.2. The monoisotopic (exact) mass is 603 g/mol. The fourth-order valence-electron chi connectivity index (χ4n) is 7.71. The zero-order valence-electron chi connectivity index (χ0n) is 25.1. The summed E-state index contributed by atoms with van der Waals surface area (Å²) in [6.45, 7) is 0. The number of benzene rings is 7. The lowest BCUT2D eigenvalue weighted by atomic mass is 9.99. The summed E-state index contributed by atoms with van der Waals surface area (Å²) >= 11 is 0. The number of aromatic nitrogens is 1. The van der Waals surface area contributed by atoms with E-state index >= 15 is 0 Å². The number of aliphatic imine (C=N–C) groups is 1. The minimum Gasteiger partial charge on any atom is -0.456 e. The van der Waals surface area contributed by atoms with Gasteiger partial charge < -0.3 is 14.2 Å². The summed E-state index contributed by atoms with van der Waals surface area (Å²) in [5.41, 5.74) is 6.58. The molecule has 3 aromatic heterocycles. The van der Waals surface area contributed by atoms with Gasteiger partial charge in [0, 0.05) is 37.9 Å². The molecule has 10 aromatic rings. The van der Waals surface area contributed by atoms with Crippen molar-refractivity contribution in [3.8, 4) is 0 Å². The van der Waals surface area contributed by atoms with Gasteiger partial charge in [-0.25, -0.2) is 4.99 Å². The number of para-hydroxylation sites is 3. The van der Waals surface area contributed by atoms with Crippen LogP contribution >= 0.6 is 0 Å². The van der Waals surface area contributed by atoms with E-state index in [4.69, 9.17) is 13.8 Å². The van der Waals surface area contributed by atoms with Crippen molar-refractivity contribution in [2.75, 3.05) is 0 Å². The first-order chi connectivity index (χ1) is 23.3. The lowest BCUT2D eigenvalue weighted by Crippen LogP contribution is -2.36. The average Bonchev–Trinajstić information content (AvgIpc) is 3.80. The van der Waals surface area contributed by atoms with Gasteiger partial charge in [0.25, 0.3) is 0 Å². The summed E-state index contributed by atoms with van der Waals surface area (Å²) < 4.78 is 15.5. The zero-order chi connectivity index (χ0) is 30.6. The van der Waals surface area contributed by atoms with Crippen LogP contribution in [0.1, 0.15) is 17.4 Å². The smallest absolute Gasteiger partial charge is 0.209 e. The fraction of sp³-hybridized carbons (Fsp3) is 0.0238. The van der Waals surface area contributed by atoms with E-state index in [1.54, 1.807) is 0 Å². The molecule has 0 aliphatic carbocycles. The van der Waals surface area contributed by atoms with Crippen molar-refractivity contribution in [3.63, 3.8) is 0 Å². The van der Waals surface area contributed by atoms with E-state index < -0.39 is 0 Å². The van der Waals surface area contributed by atoms with Gasteiger partial charge in [-0.15, -0.1) is 0 Å². The Kier molecular flexibility index (Phi) is 4.83. The van der Waals surface area contributed by atoms with Crippen LogP contribution in [0.5, 0.6) is 0 Å². The largest absolute Gasteiger partial charge is 0.456 e. The van der Waals surface area contributed by atoms with Crippen molar-refractivity contribution in [1.82, 2.24) is 9.88 Å². The Hall–Kier alpha value is -6.33. The summed E-state index contributed by atoms with van der Waals surface area (Å²) in [6.07, 6.45) is 0. The number of furan rings is 2. The highest BCUT2D eigenvalue weighted by atomic mass is 16.3. The first-order valence-electron chi connectivity index (χ1n) is 15.9. The maximum absolute atomic E-state index is 6.63. The summed E-state index contributed by atoms with van der Waals surface area (Å²) in [5.74, 6) is 1.52. The standard InChI is InChI=1S/C42H25N3O2/c1-2-12-26-23-34-33(22-25(26)11-1)29-21-20-24-10-3-4-13-27(24)39(29)45(34)42-43-37-31-15-6-8-19-36(31)47-41(37)38(44-42)32-17-9-16-30-28-14-5-7-18-35(28)46-40(30)32/h1-23,38H,(H,43,44). The molecule has 0 fully saturated rings. The van der Waals surface area contributed by atoms with Gasteiger partial charge in [-0.2, -0.15) is 0 Å². The molecule has 1 aliphatic rings. The van der Waals surface area contributed by atoms with Crippen molar-refractivity contribution in [1.29, 1.82) is 0 Å². The van der Waals surface area contributed by atoms with E-state index in [2.05, 4.69) is 119 Å². The van der Waals surface area contributed by atoms with Crippen molar-refractivity contribution >= 4 is 87.9 Å². The predicted molar refractivity (Wildman–Crippen MR) is 192 cm³/mol. The Labute approximate surface area is 267 Å². The van der Waals surface area contributed by atoms with Gasteiger partial charge in [0.2, 0.25) is 5.96 Å². The van der Waals surface area contributed by atoms with Gasteiger partial charge >= 0.3 is 0 Å². The molecule has 1 N–H and O–H groups in total. The second kappa shape index (κ2) is 9.12. The average molecular weight is 604 g/mol. The van der Waals surface area contributed by atoms with Gasteiger partial charge in [-0.05, 0) is 46.5 Å². The second-order valence-electron chi connectivity index (χ2n) is 12.4. The molecule has 0 saturated heterocycles. The highest BCUT2D eigenvalue weighted by Gasteiger charge is 2.33. The number of hydrogen-bond donors (Lipinski definition) is 1. The van der Waals surface area contributed by atoms with E-state index in [0.29, 0.717) is 0 Å². The maximum atomic E-state index is 6.63. The van der Waals surface area contributed by atoms with Crippen molar-refractivity contribution in [2.24, 2.45) is 4.99 Å². The van der Waals surface area contributed by atoms with Gasteiger partial charge in [0.15, 0.2) is 5.76 Å². The molecule has 47 heavy (non-hydrogen) atoms. The maximum Gasteiger partial charge on any atom is 0.209 e. The van der Waals surface area contributed by atoms with Crippen LogP contribution in [0.2, 0.25) is 0 Å². The molecule has 1 atom stereocenters. The van der Waals surface area contributed by atoms with Gasteiger partial charge in [-0.1, -0.05) is 109 Å². The lowest BCUT2D eigenvalue weighted by Gasteiger charge is -2.26. The third-order valence-corrected chi connectivity index (χ3v) is 9.83. The summed E-state index contributed by atoms with van der Waals surface area (Å²) in [7, 11) is 0. The lowest BCUT2D eigenvalue weighted by molar-refractivity contribution is 0.499. The number of nitrogens with zero attached hydrogens (tertiary/aromatic N) is 2. The van der Waals surface area contributed by atoms with Gasteiger partial charge in [0.1, 0.15) is 28.5 Å². The summed E-state index contributed by atoms with van der Waals surface area (Å²) in [6, 6.07) is 48.6. The molecular weight excluding hydrogens is 578 g/mol. The van der Waals surface area contributed by atoms with Crippen LogP contribution in [0.4, 0.5) is 5.69 Å². The molecule has 7 aromatic carbocycles. The van der Waals surface area contributed by atoms with E-state index in [1.165, 1.54) is 32.3 Å². The molecular formula is C42H25N3O2. The highest BCUT2D eigenvalue weighted by Crippen LogP contribution is 2.45. The molecule has 0 bridgehead atoms. The number of rotatable bonds is 1. The predicted octanol–water partition coefficient (Wildman–Crippen LogP) is 11.0. The Bertz CT molecular complexity index is 2960. The molecule has 0 amide bonds. The highest BCUT2D eigenvalue weighted by molar-refractivity contribution is 6.24. The van der Waals surface area contributed by atoms with Crippen LogP contribution in [0, 0.1) is 0 Å². The first-order valence-corrected chi connectivity index (χ1v) is 15.9. The molecule has 0 radical (unpaired) electrons. The number of nitrogens with one attached hydrogen (secondary N) is 1. The minimum atomic E-state index is -0.350. The fourth-order valence-corrected chi connectivity index (χ4v) is 7.71. The Morgan fingerprint density at radius 1 is 0.532 bits per heavy atom. The Balaban J connectivity index is 1.26. The minimum absolute atomic E-state index is 0.350. The number of hydrogen-bond acceptors (Lipinski definition) is 4.